The van der Waals surface area contributed by atoms with Crippen LogP contribution in [0.1, 0.15) is 30.3 Å². The van der Waals surface area contributed by atoms with Crippen molar-refractivity contribution in [2.75, 3.05) is 18.0 Å². The first-order chi connectivity index (χ1) is 9.48. The molecule has 0 saturated carbocycles. The zero-order valence-electron chi connectivity index (χ0n) is 11.3. The predicted octanol–water partition coefficient (Wildman–Crippen LogP) is 1.38. The molecule has 2 aromatic rings. The number of aromatic carboxylic acids is 1. The van der Waals surface area contributed by atoms with Gasteiger partial charge in [-0.3, -0.25) is 4.40 Å². The normalized spacial score (nSPS) is 18.4. The monoisotopic (exact) mass is 275 g/mol. The maximum atomic E-state index is 11.5. The van der Waals surface area contributed by atoms with Crippen LogP contribution in [-0.4, -0.2) is 44.3 Å². The van der Waals surface area contributed by atoms with E-state index in [2.05, 4.69) is 4.98 Å². The molecule has 1 fully saturated rings. The molecular weight excluding hydrogens is 258 g/mol. The Morgan fingerprint density at radius 1 is 1.35 bits per heavy atom. The summed E-state index contributed by atoms with van der Waals surface area (Å²) in [4.78, 5) is 17.9. The maximum Gasteiger partial charge on any atom is 0.356 e. The zero-order chi connectivity index (χ0) is 14.3. The molecule has 20 heavy (non-hydrogen) atoms. The number of fused-ring (bicyclic) bond motifs is 1. The van der Waals surface area contributed by atoms with Gasteiger partial charge >= 0.3 is 5.97 Å². The Bertz CT molecular complexity index is 653. The standard InChI is InChI=1S/C14H17N3O3/c1-14(20)5-8-16(9-6-14)12-11(13(18)19)17-7-3-2-4-10(17)15-12/h2-4,7,20H,5-6,8-9H2,1H3,(H,18,19). The third-order valence-electron chi connectivity index (χ3n) is 3.85. The number of aromatic nitrogens is 2. The number of carboxylic acids is 1. The van der Waals surface area contributed by atoms with Crippen molar-refractivity contribution in [3.8, 4) is 0 Å². The van der Waals surface area contributed by atoms with Crippen LogP contribution in [0.15, 0.2) is 24.4 Å². The lowest BCUT2D eigenvalue weighted by atomic mass is 9.94. The van der Waals surface area contributed by atoms with Crippen molar-refractivity contribution in [3.63, 3.8) is 0 Å². The summed E-state index contributed by atoms with van der Waals surface area (Å²) >= 11 is 0. The van der Waals surface area contributed by atoms with Crippen molar-refractivity contribution in [1.82, 2.24) is 9.38 Å². The molecule has 2 N–H and O–H groups in total. The summed E-state index contributed by atoms with van der Waals surface area (Å²) in [5.41, 5.74) is 0.137. The predicted molar refractivity (Wildman–Crippen MR) is 74.2 cm³/mol. The second-order valence-electron chi connectivity index (χ2n) is 5.50. The van der Waals surface area contributed by atoms with Gasteiger partial charge in [0, 0.05) is 19.3 Å². The van der Waals surface area contributed by atoms with Crippen molar-refractivity contribution >= 4 is 17.4 Å². The number of imidazole rings is 1. The van der Waals surface area contributed by atoms with E-state index in [9.17, 15) is 15.0 Å². The van der Waals surface area contributed by atoms with Gasteiger partial charge in [0.05, 0.1) is 5.60 Å². The van der Waals surface area contributed by atoms with Gasteiger partial charge in [-0.2, -0.15) is 0 Å². The number of piperidine rings is 1. The van der Waals surface area contributed by atoms with Gasteiger partial charge in [-0.25, -0.2) is 9.78 Å². The number of hydrogen-bond acceptors (Lipinski definition) is 4. The van der Waals surface area contributed by atoms with E-state index < -0.39 is 11.6 Å². The molecule has 0 radical (unpaired) electrons. The molecule has 0 bridgehead atoms. The average Bonchev–Trinajstić information content (AvgIpc) is 2.77. The first-order valence-electron chi connectivity index (χ1n) is 6.66. The fraction of sp³-hybridized carbons (Fsp3) is 0.429. The number of hydrogen-bond donors (Lipinski definition) is 2. The van der Waals surface area contributed by atoms with Crippen LogP contribution in [0.5, 0.6) is 0 Å². The number of rotatable bonds is 2. The number of carboxylic acid groups (broad SMARTS) is 1. The minimum Gasteiger partial charge on any atom is -0.476 e. The second kappa shape index (κ2) is 4.49. The smallest absolute Gasteiger partial charge is 0.356 e. The fourth-order valence-electron chi connectivity index (χ4n) is 2.60. The van der Waals surface area contributed by atoms with E-state index in [0.29, 0.717) is 37.4 Å². The first-order valence-corrected chi connectivity index (χ1v) is 6.66. The molecule has 0 atom stereocenters. The summed E-state index contributed by atoms with van der Waals surface area (Å²) in [6.45, 7) is 3.03. The molecule has 106 valence electrons. The summed E-state index contributed by atoms with van der Waals surface area (Å²) in [7, 11) is 0. The van der Waals surface area contributed by atoms with E-state index in [1.54, 1.807) is 22.7 Å². The second-order valence-corrected chi connectivity index (χ2v) is 5.50. The van der Waals surface area contributed by atoms with Gasteiger partial charge in [-0.05, 0) is 31.9 Å². The average molecular weight is 275 g/mol. The SMILES string of the molecule is CC1(O)CCN(c2nc3ccccn3c2C(=O)O)CC1. The van der Waals surface area contributed by atoms with Crippen LogP contribution >= 0.6 is 0 Å². The van der Waals surface area contributed by atoms with Crippen molar-refractivity contribution in [1.29, 1.82) is 0 Å². The number of pyridine rings is 1. The minimum atomic E-state index is -0.990. The third kappa shape index (κ3) is 2.12. The lowest BCUT2D eigenvalue weighted by molar-refractivity contribution is 0.0350. The topological polar surface area (TPSA) is 78.1 Å². The van der Waals surface area contributed by atoms with Gasteiger partial charge < -0.3 is 15.1 Å². The molecule has 3 rings (SSSR count). The van der Waals surface area contributed by atoms with E-state index in [1.165, 1.54) is 0 Å². The first kappa shape index (κ1) is 12.9. The highest BCUT2D eigenvalue weighted by molar-refractivity contribution is 5.93. The molecule has 6 nitrogen and oxygen atoms in total. The summed E-state index contributed by atoms with van der Waals surface area (Å²) in [5, 5.41) is 19.4. The molecule has 0 aliphatic carbocycles. The quantitative estimate of drug-likeness (QED) is 0.866. The van der Waals surface area contributed by atoms with Gasteiger partial charge in [0.15, 0.2) is 11.5 Å². The van der Waals surface area contributed by atoms with E-state index in [4.69, 9.17) is 0 Å². The Morgan fingerprint density at radius 3 is 2.70 bits per heavy atom. The van der Waals surface area contributed by atoms with Gasteiger partial charge in [-0.15, -0.1) is 0 Å². The van der Waals surface area contributed by atoms with Crippen LogP contribution in [0.3, 0.4) is 0 Å². The summed E-state index contributed by atoms with van der Waals surface area (Å²) in [5.74, 6) is -0.504. The zero-order valence-corrected chi connectivity index (χ0v) is 11.3. The number of carbonyl (C=O) groups is 1. The van der Waals surface area contributed by atoms with Crippen molar-refractivity contribution in [3.05, 3.63) is 30.1 Å². The fourth-order valence-corrected chi connectivity index (χ4v) is 2.60. The van der Waals surface area contributed by atoms with Gasteiger partial charge in [0.1, 0.15) is 5.65 Å². The van der Waals surface area contributed by atoms with Crippen LogP contribution in [0.25, 0.3) is 5.65 Å². The summed E-state index contributed by atoms with van der Waals surface area (Å²) in [6, 6.07) is 5.40. The van der Waals surface area contributed by atoms with E-state index >= 15 is 0 Å². The number of nitrogens with zero attached hydrogens (tertiary/aromatic N) is 3. The van der Waals surface area contributed by atoms with Crippen LogP contribution in [0.2, 0.25) is 0 Å². The number of aliphatic hydroxyl groups is 1. The Kier molecular flexibility index (Phi) is 2.90. The van der Waals surface area contributed by atoms with Crippen molar-refractivity contribution in [2.24, 2.45) is 0 Å². The van der Waals surface area contributed by atoms with Crippen LogP contribution < -0.4 is 4.90 Å². The molecule has 1 aliphatic heterocycles. The Balaban J connectivity index is 2.03. The Hall–Kier alpha value is -2.08. The lowest BCUT2D eigenvalue weighted by Gasteiger charge is -2.36. The van der Waals surface area contributed by atoms with Crippen LogP contribution in [-0.2, 0) is 0 Å². The highest BCUT2D eigenvalue weighted by atomic mass is 16.4. The Labute approximate surface area is 116 Å². The van der Waals surface area contributed by atoms with E-state index in [1.807, 2.05) is 17.9 Å². The molecule has 2 aromatic heterocycles. The van der Waals surface area contributed by atoms with E-state index in [0.717, 1.165) is 0 Å². The molecule has 0 aromatic carbocycles. The van der Waals surface area contributed by atoms with Crippen LogP contribution in [0, 0.1) is 0 Å². The van der Waals surface area contributed by atoms with Crippen molar-refractivity contribution < 1.29 is 15.0 Å². The van der Waals surface area contributed by atoms with Crippen molar-refractivity contribution in [2.45, 2.75) is 25.4 Å². The third-order valence-corrected chi connectivity index (χ3v) is 3.85. The highest BCUT2D eigenvalue weighted by Crippen LogP contribution is 2.28. The molecule has 0 unspecified atom stereocenters. The molecule has 3 heterocycles. The molecule has 0 amide bonds. The minimum absolute atomic E-state index is 0.183. The summed E-state index contributed by atoms with van der Waals surface area (Å²) < 4.78 is 1.59. The van der Waals surface area contributed by atoms with Crippen LogP contribution in [0.4, 0.5) is 5.82 Å². The molecular formula is C14H17N3O3. The summed E-state index contributed by atoms with van der Waals surface area (Å²) in [6.07, 6.45) is 2.93. The van der Waals surface area contributed by atoms with E-state index in [-0.39, 0.29) is 5.69 Å². The Morgan fingerprint density at radius 2 is 2.05 bits per heavy atom. The van der Waals surface area contributed by atoms with Gasteiger partial charge in [0.2, 0.25) is 0 Å². The number of anilines is 1. The molecule has 1 aliphatic rings. The molecule has 1 saturated heterocycles. The molecule has 6 heteroatoms. The largest absolute Gasteiger partial charge is 0.476 e. The maximum absolute atomic E-state index is 11.5. The van der Waals surface area contributed by atoms with Gasteiger partial charge in [-0.1, -0.05) is 6.07 Å². The van der Waals surface area contributed by atoms with Gasteiger partial charge in [0.25, 0.3) is 0 Å². The lowest BCUT2D eigenvalue weighted by Crippen LogP contribution is -2.43. The molecule has 0 spiro atoms. The highest BCUT2D eigenvalue weighted by Gasteiger charge is 2.31.